The normalized spacial score (nSPS) is 17.8. The highest BCUT2D eigenvalue weighted by atomic mass is 32.2. The van der Waals surface area contributed by atoms with Crippen molar-refractivity contribution in [2.75, 3.05) is 31.6 Å². The lowest BCUT2D eigenvalue weighted by atomic mass is 9.97. The maximum atomic E-state index is 14.3. The predicted molar refractivity (Wildman–Crippen MR) is 96.7 cm³/mol. The van der Waals surface area contributed by atoms with Crippen LogP contribution < -0.4 is 0 Å². The molecule has 1 atom stereocenters. The van der Waals surface area contributed by atoms with Gasteiger partial charge in [0.05, 0.1) is 17.3 Å². The van der Waals surface area contributed by atoms with Crippen molar-refractivity contribution in [3.63, 3.8) is 0 Å². The van der Waals surface area contributed by atoms with Gasteiger partial charge in [0.25, 0.3) is 0 Å². The molecule has 0 spiro atoms. The fraction of sp³-hybridized carbons (Fsp3) is 0.471. The van der Waals surface area contributed by atoms with Crippen LogP contribution in [0.3, 0.4) is 0 Å². The van der Waals surface area contributed by atoms with E-state index < -0.39 is 16.6 Å². The van der Waals surface area contributed by atoms with Crippen molar-refractivity contribution in [1.29, 1.82) is 0 Å². The van der Waals surface area contributed by atoms with E-state index in [4.69, 9.17) is 4.52 Å². The molecule has 4 rings (SSSR count). The number of benzene rings is 1. The summed E-state index contributed by atoms with van der Waals surface area (Å²) in [6.07, 6.45) is 5.10. The molecule has 1 saturated heterocycles. The number of likely N-dealkylation sites (tertiary alicyclic amines) is 1. The molecule has 0 saturated carbocycles. The van der Waals surface area contributed by atoms with Crippen LogP contribution in [-0.2, 0) is 10.8 Å². The van der Waals surface area contributed by atoms with Crippen LogP contribution in [-0.4, -0.2) is 61.1 Å². The Balaban J connectivity index is 1.50. The van der Waals surface area contributed by atoms with Crippen molar-refractivity contribution in [1.82, 2.24) is 25.2 Å². The van der Waals surface area contributed by atoms with Crippen molar-refractivity contribution in [2.24, 2.45) is 0 Å². The third kappa shape index (κ3) is 3.41. The summed E-state index contributed by atoms with van der Waals surface area (Å²) in [5, 5.41) is 11.4. The van der Waals surface area contributed by atoms with E-state index in [9.17, 15) is 8.60 Å². The molecule has 9 heteroatoms. The second kappa shape index (κ2) is 7.24. The lowest BCUT2D eigenvalue weighted by Gasteiger charge is -2.29. The summed E-state index contributed by atoms with van der Waals surface area (Å²) in [5.41, 5.74) is 1.04. The van der Waals surface area contributed by atoms with Crippen molar-refractivity contribution in [2.45, 2.75) is 18.8 Å². The van der Waals surface area contributed by atoms with E-state index in [1.807, 2.05) is 0 Å². The average Bonchev–Trinajstić information content (AvgIpc) is 3.29. The maximum Gasteiger partial charge on any atom is 0.230 e. The quantitative estimate of drug-likeness (QED) is 0.734. The summed E-state index contributed by atoms with van der Waals surface area (Å²) in [4.78, 5) is 6.77. The largest absolute Gasteiger partial charge is 0.339 e. The molecule has 7 nitrogen and oxygen atoms in total. The van der Waals surface area contributed by atoms with Crippen LogP contribution in [0.1, 0.15) is 24.7 Å². The number of piperidine rings is 1. The summed E-state index contributed by atoms with van der Waals surface area (Å²) in [7, 11) is -0.766. The summed E-state index contributed by atoms with van der Waals surface area (Å²) < 4.78 is 31.0. The lowest BCUT2D eigenvalue weighted by Crippen LogP contribution is -2.35. The van der Waals surface area contributed by atoms with Gasteiger partial charge in [0.1, 0.15) is 5.82 Å². The predicted octanol–water partition coefficient (Wildman–Crippen LogP) is 2.31. The second-order valence-electron chi connectivity index (χ2n) is 6.60. The number of hydrogen-bond acceptors (Lipinski definition) is 6. The molecular formula is C17H20FN5O2S. The molecule has 1 aromatic carbocycles. The fourth-order valence-electron chi connectivity index (χ4n) is 3.38. The highest BCUT2D eigenvalue weighted by Crippen LogP contribution is 2.32. The number of nitrogens with one attached hydrogen (secondary N) is 1. The van der Waals surface area contributed by atoms with E-state index in [-0.39, 0.29) is 11.7 Å². The van der Waals surface area contributed by atoms with E-state index in [1.54, 1.807) is 18.5 Å². The van der Waals surface area contributed by atoms with Gasteiger partial charge in [-0.1, -0.05) is 5.16 Å². The molecule has 0 radical (unpaired) electrons. The van der Waals surface area contributed by atoms with E-state index in [2.05, 4.69) is 25.2 Å². The number of aromatic nitrogens is 4. The highest BCUT2D eigenvalue weighted by Gasteiger charge is 2.26. The first kappa shape index (κ1) is 17.3. The number of rotatable bonds is 5. The molecule has 1 aliphatic heterocycles. The number of halogens is 1. The summed E-state index contributed by atoms with van der Waals surface area (Å²) in [6, 6.07) is 3.02. The monoisotopic (exact) mass is 377 g/mol. The number of H-pyrrole nitrogens is 1. The Hall–Kier alpha value is -2.13. The van der Waals surface area contributed by atoms with Crippen LogP contribution in [0.25, 0.3) is 22.3 Å². The lowest BCUT2D eigenvalue weighted by molar-refractivity contribution is 0.203. The number of nitrogens with zero attached hydrogens (tertiary/aromatic N) is 4. The standard InChI is InChI=1S/C17H20FN5O2S/c1-26(24)9-8-23-6-4-11(5-7-23)17-20-16(22-25-17)15-12-10-19-21-14(12)3-2-13(15)18/h2-3,10-11H,4-9H2,1H3,(H,19,21). The van der Waals surface area contributed by atoms with Gasteiger partial charge in [0.2, 0.25) is 11.7 Å². The van der Waals surface area contributed by atoms with Gasteiger partial charge in [-0.2, -0.15) is 10.1 Å². The van der Waals surface area contributed by atoms with Gasteiger partial charge in [-0.05, 0) is 38.1 Å². The summed E-state index contributed by atoms with van der Waals surface area (Å²) >= 11 is 0. The van der Waals surface area contributed by atoms with Crippen LogP contribution in [0.5, 0.6) is 0 Å². The summed E-state index contributed by atoms with van der Waals surface area (Å²) in [5.74, 6) is 1.29. The van der Waals surface area contributed by atoms with Crippen LogP contribution in [0.15, 0.2) is 22.9 Å². The van der Waals surface area contributed by atoms with Crippen LogP contribution >= 0.6 is 0 Å². The Labute approximate surface area is 152 Å². The van der Waals surface area contributed by atoms with Gasteiger partial charge in [0.15, 0.2) is 0 Å². The molecule has 0 amide bonds. The molecule has 1 N–H and O–H groups in total. The molecule has 3 aromatic rings. The molecule has 138 valence electrons. The van der Waals surface area contributed by atoms with Crippen LogP contribution in [0.4, 0.5) is 4.39 Å². The van der Waals surface area contributed by atoms with Crippen molar-refractivity contribution in [3.05, 3.63) is 30.0 Å². The Morgan fingerprint density at radius 1 is 1.38 bits per heavy atom. The minimum atomic E-state index is -0.766. The average molecular weight is 377 g/mol. The molecule has 26 heavy (non-hydrogen) atoms. The summed E-state index contributed by atoms with van der Waals surface area (Å²) in [6.45, 7) is 2.66. The molecule has 3 heterocycles. The maximum absolute atomic E-state index is 14.3. The minimum Gasteiger partial charge on any atom is -0.339 e. The molecule has 0 bridgehead atoms. The first-order chi connectivity index (χ1) is 12.6. The van der Waals surface area contributed by atoms with Gasteiger partial charge in [-0.25, -0.2) is 4.39 Å². The smallest absolute Gasteiger partial charge is 0.230 e. The van der Waals surface area contributed by atoms with E-state index in [1.165, 1.54) is 6.07 Å². The third-order valence-electron chi connectivity index (χ3n) is 4.87. The van der Waals surface area contributed by atoms with Gasteiger partial charge < -0.3 is 9.42 Å². The fourth-order valence-corrected chi connectivity index (χ4v) is 3.90. The zero-order chi connectivity index (χ0) is 18.1. The molecule has 1 unspecified atom stereocenters. The first-order valence-corrected chi connectivity index (χ1v) is 10.3. The van der Waals surface area contributed by atoms with Gasteiger partial charge in [0, 0.05) is 40.7 Å². The van der Waals surface area contributed by atoms with Gasteiger partial charge in [-0.15, -0.1) is 0 Å². The van der Waals surface area contributed by atoms with Gasteiger partial charge in [-0.3, -0.25) is 9.31 Å². The molecule has 1 fully saturated rings. The zero-order valence-electron chi connectivity index (χ0n) is 14.4. The van der Waals surface area contributed by atoms with E-state index in [0.29, 0.717) is 22.6 Å². The van der Waals surface area contributed by atoms with Gasteiger partial charge >= 0.3 is 0 Å². The second-order valence-corrected chi connectivity index (χ2v) is 8.16. The van der Waals surface area contributed by atoms with Crippen molar-refractivity contribution < 1.29 is 13.1 Å². The Kier molecular flexibility index (Phi) is 4.82. The van der Waals surface area contributed by atoms with Crippen LogP contribution in [0.2, 0.25) is 0 Å². The minimum absolute atomic E-state index is 0.172. The molecular weight excluding hydrogens is 357 g/mol. The van der Waals surface area contributed by atoms with E-state index in [0.717, 1.165) is 38.0 Å². The Morgan fingerprint density at radius 2 is 2.19 bits per heavy atom. The van der Waals surface area contributed by atoms with E-state index >= 15 is 0 Å². The molecule has 0 aliphatic carbocycles. The molecule has 2 aromatic heterocycles. The van der Waals surface area contributed by atoms with Crippen LogP contribution in [0, 0.1) is 5.82 Å². The Morgan fingerprint density at radius 3 is 2.96 bits per heavy atom. The third-order valence-corrected chi connectivity index (χ3v) is 5.63. The topological polar surface area (TPSA) is 87.9 Å². The number of fused-ring (bicyclic) bond motifs is 1. The first-order valence-electron chi connectivity index (χ1n) is 8.60. The molecule has 1 aliphatic rings. The zero-order valence-corrected chi connectivity index (χ0v) is 15.3. The number of hydrogen-bond donors (Lipinski definition) is 1. The van der Waals surface area contributed by atoms with Crippen molar-refractivity contribution >= 4 is 21.7 Å². The Bertz CT molecular complexity index is 932. The highest BCUT2D eigenvalue weighted by molar-refractivity contribution is 7.84. The SMILES string of the molecule is CS(=O)CCN1CCC(c2nc(-c3c(F)ccc4[nH]ncc34)no2)CC1. The van der Waals surface area contributed by atoms with Crippen molar-refractivity contribution in [3.8, 4) is 11.4 Å². The number of aromatic amines is 1.